The highest BCUT2D eigenvalue weighted by Crippen LogP contribution is 2.28. The van der Waals surface area contributed by atoms with Crippen LogP contribution in [0.3, 0.4) is 0 Å². The summed E-state index contributed by atoms with van der Waals surface area (Å²) in [4.78, 5) is 0. The minimum Gasteiger partial charge on any atom is -0.396 e. The lowest BCUT2D eigenvalue weighted by atomic mass is 9.80. The summed E-state index contributed by atoms with van der Waals surface area (Å²) in [7, 11) is 2.13. The summed E-state index contributed by atoms with van der Waals surface area (Å²) in [6.07, 6.45) is 10.6. The Balaban J connectivity index is 0.000000494. The second kappa shape index (κ2) is 12.0. The zero-order valence-corrected chi connectivity index (χ0v) is 13.0. The van der Waals surface area contributed by atoms with Gasteiger partial charge in [-0.15, -0.1) is 0 Å². The highest BCUT2D eigenvalue weighted by Gasteiger charge is 2.23. The fourth-order valence-corrected chi connectivity index (χ4v) is 2.83. The van der Waals surface area contributed by atoms with Crippen molar-refractivity contribution in [1.82, 2.24) is 5.32 Å². The van der Waals surface area contributed by atoms with Gasteiger partial charge in [0, 0.05) is 12.6 Å². The molecule has 1 fully saturated rings. The van der Waals surface area contributed by atoms with E-state index in [1.54, 1.807) is 0 Å². The molecule has 18 heavy (non-hydrogen) atoms. The van der Waals surface area contributed by atoms with Gasteiger partial charge in [0.2, 0.25) is 0 Å². The lowest BCUT2D eigenvalue weighted by Gasteiger charge is -2.32. The highest BCUT2D eigenvalue weighted by atomic mass is 16.2. The Bertz CT molecular complexity index is 168. The Morgan fingerprint density at radius 1 is 1.11 bits per heavy atom. The molecule has 1 aliphatic rings. The van der Waals surface area contributed by atoms with Crippen molar-refractivity contribution >= 4 is 0 Å². The average Bonchev–Trinajstić information content (AvgIpc) is 2.30. The quantitative estimate of drug-likeness (QED) is 0.798. The van der Waals surface area contributed by atoms with Crippen molar-refractivity contribution in [1.29, 1.82) is 0 Å². The zero-order chi connectivity index (χ0) is 13.8. The first-order valence-corrected chi connectivity index (χ1v) is 7.95. The molecule has 0 radical (unpaired) electrons. The summed E-state index contributed by atoms with van der Waals surface area (Å²) >= 11 is 0. The molecular weight excluding hydrogens is 222 g/mol. The van der Waals surface area contributed by atoms with Gasteiger partial charge >= 0.3 is 0 Å². The molecule has 1 saturated carbocycles. The molecule has 2 heteroatoms. The maximum atomic E-state index is 8.07. The lowest BCUT2D eigenvalue weighted by Crippen LogP contribution is -2.37. The normalized spacial score (nSPS) is 25.0. The lowest BCUT2D eigenvalue weighted by molar-refractivity contribution is 0.234. The molecule has 2 atom stereocenters. The van der Waals surface area contributed by atoms with Crippen LogP contribution >= 0.6 is 0 Å². The van der Waals surface area contributed by atoms with Gasteiger partial charge in [-0.2, -0.15) is 0 Å². The van der Waals surface area contributed by atoms with Crippen LogP contribution in [0.2, 0.25) is 0 Å². The smallest absolute Gasteiger partial charge is 0.0430 e. The van der Waals surface area contributed by atoms with E-state index < -0.39 is 0 Å². The van der Waals surface area contributed by atoms with Crippen molar-refractivity contribution in [3.8, 4) is 0 Å². The first-order valence-electron chi connectivity index (χ1n) is 7.95. The Kier molecular flexibility index (Phi) is 11.9. The van der Waals surface area contributed by atoms with Gasteiger partial charge in [0.15, 0.2) is 0 Å². The Morgan fingerprint density at radius 2 is 1.72 bits per heavy atom. The molecule has 0 spiro atoms. The molecule has 110 valence electrons. The molecule has 2 nitrogen and oxygen atoms in total. The number of aliphatic hydroxyl groups excluding tert-OH is 1. The second-order valence-electron chi connectivity index (χ2n) is 5.87. The first-order chi connectivity index (χ1) is 8.67. The number of nitrogens with one attached hydrogen (secondary N) is 1. The van der Waals surface area contributed by atoms with Crippen LogP contribution in [0.5, 0.6) is 0 Å². The third-order valence-corrected chi connectivity index (χ3v) is 4.06. The van der Waals surface area contributed by atoms with Crippen molar-refractivity contribution in [2.45, 2.75) is 78.2 Å². The van der Waals surface area contributed by atoms with Crippen LogP contribution in [0.4, 0.5) is 0 Å². The summed E-state index contributed by atoms with van der Waals surface area (Å²) in [6.45, 7) is 7.14. The maximum Gasteiger partial charge on any atom is 0.0430 e. The van der Waals surface area contributed by atoms with E-state index in [4.69, 9.17) is 5.11 Å². The Hall–Kier alpha value is -0.0800. The molecule has 1 rings (SSSR count). The minimum absolute atomic E-state index is 0.344. The van der Waals surface area contributed by atoms with E-state index in [9.17, 15) is 0 Å². The van der Waals surface area contributed by atoms with E-state index in [1.807, 2.05) is 0 Å². The second-order valence-corrected chi connectivity index (χ2v) is 5.87. The van der Waals surface area contributed by atoms with Crippen LogP contribution in [-0.4, -0.2) is 24.8 Å². The first kappa shape index (κ1) is 17.9. The van der Waals surface area contributed by atoms with Crippen LogP contribution in [0, 0.1) is 11.8 Å². The average molecular weight is 257 g/mol. The van der Waals surface area contributed by atoms with Crippen LogP contribution in [-0.2, 0) is 0 Å². The van der Waals surface area contributed by atoms with E-state index >= 15 is 0 Å². The van der Waals surface area contributed by atoms with Crippen molar-refractivity contribution < 1.29 is 5.11 Å². The van der Waals surface area contributed by atoms with Crippen molar-refractivity contribution in [3.05, 3.63) is 0 Å². The van der Waals surface area contributed by atoms with Crippen LogP contribution in [0.25, 0.3) is 0 Å². The molecule has 0 aromatic rings. The number of hydrogen-bond donors (Lipinski definition) is 2. The standard InChI is InChI=1S/C12H25N.C4H10O/c1-10(2)11-8-6-4-5-7-9-12(11)13-3;1-2-3-4-5/h10-13H,4-9H2,1-3H3;5H,2-4H2,1H3. The van der Waals surface area contributed by atoms with Gasteiger partial charge in [-0.3, -0.25) is 0 Å². The molecule has 0 aliphatic heterocycles. The number of rotatable bonds is 4. The summed E-state index contributed by atoms with van der Waals surface area (Å²) < 4.78 is 0. The van der Waals surface area contributed by atoms with Gasteiger partial charge < -0.3 is 10.4 Å². The van der Waals surface area contributed by atoms with E-state index in [0.717, 1.165) is 30.7 Å². The molecule has 0 saturated heterocycles. The van der Waals surface area contributed by atoms with Crippen molar-refractivity contribution in [2.75, 3.05) is 13.7 Å². The largest absolute Gasteiger partial charge is 0.396 e. The van der Waals surface area contributed by atoms with Gasteiger partial charge in [-0.1, -0.05) is 52.9 Å². The molecule has 0 aromatic carbocycles. The van der Waals surface area contributed by atoms with E-state index in [1.165, 1.54) is 38.5 Å². The molecule has 0 aromatic heterocycles. The van der Waals surface area contributed by atoms with E-state index in [0.29, 0.717) is 6.61 Å². The predicted molar refractivity (Wildman–Crippen MR) is 80.9 cm³/mol. The van der Waals surface area contributed by atoms with Crippen molar-refractivity contribution in [2.24, 2.45) is 11.8 Å². The number of aliphatic hydroxyl groups is 1. The van der Waals surface area contributed by atoms with Crippen LogP contribution < -0.4 is 5.32 Å². The molecule has 0 amide bonds. The monoisotopic (exact) mass is 257 g/mol. The molecule has 0 bridgehead atoms. The van der Waals surface area contributed by atoms with Crippen LogP contribution in [0.1, 0.15) is 72.1 Å². The topological polar surface area (TPSA) is 32.3 Å². The summed E-state index contributed by atoms with van der Waals surface area (Å²) in [6, 6.07) is 0.778. The fraction of sp³-hybridized carbons (Fsp3) is 1.00. The number of hydrogen-bond acceptors (Lipinski definition) is 2. The van der Waals surface area contributed by atoms with E-state index in [2.05, 4.69) is 33.1 Å². The van der Waals surface area contributed by atoms with E-state index in [-0.39, 0.29) is 0 Å². The molecule has 2 unspecified atom stereocenters. The van der Waals surface area contributed by atoms with Crippen molar-refractivity contribution in [3.63, 3.8) is 0 Å². The van der Waals surface area contributed by atoms with Gasteiger partial charge in [-0.25, -0.2) is 0 Å². The third-order valence-electron chi connectivity index (χ3n) is 4.06. The zero-order valence-electron chi connectivity index (χ0n) is 13.0. The fourth-order valence-electron chi connectivity index (χ4n) is 2.83. The molecule has 1 aliphatic carbocycles. The minimum atomic E-state index is 0.344. The highest BCUT2D eigenvalue weighted by molar-refractivity contribution is 4.79. The summed E-state index contributed by atoms with van der Waals surface area (Å²) in [5, 5.41) is 11.6. The van der Waals surface area contributed by atoms with Crippen LogP contribution in [0.15, 0.2) is 0 Å². The van der Waals surface area contributed by atoms with Gasteiger partial charge in [0.05, 0.1) is 0 Å². The molecular formula is C16H35NO. The SMILES string of the molecule is CCCCO.CNC1CCCCCCC1C(C)C. The van der Waals surface area contributed by atoms with Gasteiger partial charge in [0.1, 0.15) is 0 Å². The summed E-state index contributed by atoms with van der Waals surface area (Å²) in [5.41, 5.74) is 0. The molecule has 2 N–H and O–H groups in total. The van der Waals surface area contributed by atoms with Gasteiger partial charge in [-0.05, 0) is 38.1 Å². The summed E-state index contributed by atoms with van der Waals surface area (Å²) in [5.74, 6) is 1.75. The number of unbranched alkanes of at least 4 members (excludes halogenated alkanes) is 1. The predicted octanol–water partition coefficient (Wildman–Crippen LogP) is 3.98. The Labute approximate surface area is 115 Å². The van der Waals surface area contributed by atoms with Gasteiger partial charge in [0.25, 0.3) is 0 Å². The maximum absolute atomic E-state index is 8.07. The molecule has 0 heterocycles. The Morgan fingerprint density at radius 3 is 2.11 bits per heavy atom. The third kappa shape index (κ3) is 8.10.